The fourth-order valence-corrected chi connectivity index (χ4v) is 6.61. The third kappa shape index (κ3) is 4.95. The normalized spacial score (nSPS) is 20.3. The summed E-state index contributed by atoms with van der Waals surface area (Å²) in [5.74, 6) is 0.266. The van der Waals surface area contributed by atoms with E-state index in [4.69, 9.17) is 4.74 Å². The molecule has 2 aliphatic heterocycles. The summed E-state index contributed by atoms with van der Waals surface area (Å²) >= 11 is 0. The number of nitrogens with one attached hydrogen (secondary N) is 1. The molecule has 3 aromatic rings. The molecule has 0 amide bonds. The highest BCUT2D eigenvalue weighted by Gasteiger charge is 2.36. The topological polar surface area (TPSA) is 99.8 Å². The van der Waals surface area contributed by atoms with Gasteiger partial charge in [0.25, 0.3) is 0 Å². The predicted octanol–water partition coefficient (Wildman–Crippen LogP) is 3.52. The second-order valence-electron chi connectivity index (χ2n) is 10.3. The van der Waals surface area contributed by atoms with E-state index in [1.54, 1.807) is 24.3 Å². The molecule has 2 fully saturated rings. The van der Waals surface area contributed by atoms with E-state index in [1.807, 2.05) is 25.1 Å². The Morgan fingerprint density at radius 3 is 2.73 bits per heavy atom. The number of pyridine rings is 1. The molecule has 0 bridgehead atoms. The van der Waals surface area contributed by atoms with Gasteiger partial charge in [0.15, 0.2) is 5.78 Å². The summed E-state index contributed by atoms with van der Waals surface area (Å²) in [5.41, 5.74) is 3.42. The lowest BCUT2D eigenvalue weighted by Gasteiger charge is -2.45. The minimum Gasteiger partial charge on any atom is -0.381 e. The van der Waals surface area contributed by atoms with Gasteiger partial charge in [0.05, 0.1) is 11.5 Å². The van der Waals surface area contributed by atoms with Crippen molar-refractivity contribution < 1.29 is 17.9 Å². The Kier molecular flexibility index (Phi) is 6.95. The van der Waals surface area contributed by atoms with E-state index < -0.39 is 10.0 Å². The van der Waals surface area contributed by atoms with Crippen LogP contribution < -0.4 is 10.5 Å². The van der Waals surface area contributed by atoms with E-state index in [0.29, 0.717) is 18.1 Å². The minimum absolute atomic E-state index is 0.108. The van der Waals surface area contributed by atoms with Crippen LogP contribution in [0.2, 0.25) is 0 Å². The largest absolute Gasteiger partial charge is 0.381 e. The number of H-pyrrole nitrogens is 1. The van der Waals surface area contributed by atoms with Crippen LogP contribution in [0.25, 0.3) is 10.9 Å². The average Bonchev–Trinajstić information content (AvgIpc) is 2.88. The van der Waals surface area contributed by atoms with Crippen LogP contribution in [0.4, 0.5) is 5.69 Å². The molecule has 2 unspecified atom stereocenters. The predicted molar refractivity (Wildman–Crippen MR) is 144 cm³/mol. The lowest BCUT2D eigenvalue weighted by Crippen LogP contribution is -2.50. The number of hydrogen-bond donors (Lipinski definition) is 1. The molecule has 1 N–H and O–H groups in total. The van der Waals surface area contributed by atoms with E-state index >= 15 is 0 Å². The second-order valence-corrected chi connectivity index (χ2v) is 12.4. The first-order valence-electron chi connectivity index (χ1n) is 12.7. The van der Waals surface area contributed by atoms with E-state index in [1.165, 1.54) is 18.4 Å². The molecule has 0 spiro atoms. The molecule has 0 radical (unpaired) electrons. The van der Waals surface area contributed by atoms with Gasteiger partial charge in [0.1, 0.15) is 0 Å². The number of anilines is 1. The highest BCUT2D eigenvalue weighted by molar-refractivity contribution is 7.89. The van der Waals surface area contributed by atoms with Gasteiger partial charge in [-0.05, 0) is 67.6 Å². The monoisotopic (exact) mass is 523 g/mol. The molecule has 2 aliphatic rings. The second kappa shape index (κ2) is 10.0. The summed E-state index contributed by atoms with van der Waals surface area (Å²) < 4.78 is 32.8. The van der Waals surface area contributed by atoms with E-state index in [9.17, 15) is 18.0 Å². The van der Waals surface area contributed by atoms with Gasteiger partial charge in [0.2, 0.25) is 15.6 Å². The van der Waals surface area contributed by atoms with E-state index in [2.05, 4.69) is 9.88 Å². The van der Waals surface area contributed by atoms with Crippen molar-refractivity contribution in [1.29, 1.82) is 0 Å². The van der Waals surface area contributed by atoms with Crippen LogP contribution in [-0.2, 0) is 21.2 Å². The van der Waals surface area contributed by atoms with Crippen LogP contribution >= 0.6 is 0 Å². The van der Waals surface area contributed by atoms with Gasteiger partial charge in [-0.2, -0.15) is 0 Å². The van der Waals surface area contributed by atoms with Crippen LogP contribution in [0.15, 0.2) is 52.2 Å². The molecule has 5 rings (SSSR count). The Balaban J connectivity index is 1.56. The molecule has 8 nitrogen and oxygen atoms in total. The molecule has 0 saturated carbocycles. The lowest BCUT2D eigenvalue weighted by atomic mass is 9.85. The highest BCUT2D eigenvalue weighted by atomic mass is 32.2. The van der Waals surface area contributed by atoms with Gasteiger partial charge in [-0.3, -0.25) is 9.59 Å². The molecule has 3 heterocycles. The Morgan fingerprint density at radius 1 is 1.14 bits per heavy atom. The highest BCUT2D eigenvalue weighted by Crippen LogP contribution is 2.36. The maximum absolute atomic E-state index is 13.8. The minimum atomic E-state index is -3.71. The Hall–Kier alpha value is -3.01. The average molecular weight is 524 g/mol. The number of aryl methyl sites for hydroxylation is 1. The number of rotatable bonds is 6. The van der Waals surface area contributed by atoms with Crippen molar-refractivity contribution in [2.24, 2.45) is 5.92 Å². The van der Waals surface area contributed by atoms with Crippen molar-refractivity contribution in [3.05, 3.63) is 69.5 Å². The van der Waals surface area contributed by atoms with Crippen LogP contribution in [0.3, 0.4) is 0 Å². The number of fused-ring (bicyclic) bond motifs is 2. The summed E-state index contributed by atoms with van der Waals surface area (Å²) in [4.78, 5) is 30.9. The molecule has 37 heavy (non-hydrogen) atoms. The molecular formula is C28H33N3O5S. The molecule has 2 aromatic carbocycles. The molecule has 0 aliphatic carbocycles. The summed E-state index contributed by atoms with van der Waals surface area (Å²) in [6.45, 7) is 4.10. The molecular weight excluding hydrogens is 490 g/mol. The van der Waals surface area contributed by atoms with Gasteiger partial charge in [0, 0.05) is 73.8 Å². The third-order valence-corrected chi connectivity index (χ3v) is 9.45. The van der Waals surface area contributed by atoms with Crippen molar-refractivity contribution in [2.75, 3.05) is 38.8 Å². The molecule has 9 heteroatoms. The van der Waals surface area contributed by atoms with Crippen molar-refractivity contribution in [2.45, 2.75) is 43.5 Å². The first kappa shape index (κ1) is 25.6. The number of carbonyl (C=O) groups excluding carboxylic acids is 1. The number of ketones is 1. The Bertz CT molecular complexity index is 1510. The maximum atomic E-state index is 13.8. The number of nitrogens with zero attached hydrogens (tertiary/aromatic N) is 2. The summed E-state index contributed by atoms with van der Waals surface area (Å²) in [6.07, 6.45) is 3.10. The summed E-state index contributed by atoms with van der Waals surface area (Å²) in [7, 11) is -0.727. The number of Topliss-reactive ketones (excluding diaryl/α,β-unsaturated/α-hetero) is 1. The molecule has 2 atom stereocenters. The van der Waals surface area contributed by atoms with Gasteiger partial charge in [-0.15, -0.1) is 0 Å². The van der Waals surface area contributed by atoms with Crippen molar-refractivity contribution in [1.82, 2.24) is 9.29 Å². The number of ether oxygens (including phenoxy) is 1. The van der Waals surface area contributed by atoms with Crippen molar-refractivity contribution in [3.8, 4) is 0 Å². The molecule has 1 aromatic heterocycles. The molecule has 2 saturated heterocycles. The maximum Gasteiger partial charge on any atom is 0.248 e. The van der Waals surface area contributed by atoms with E-state index in [0.717, 1.165) is 60.1 Å². The van der Waals surface area contributed by atoms with Crippen molar-refractivity contribution in [3.63, 3.8) is 0 Å². The quantitative estimate of drug-likeness (QED) is 0.497. The Morgan fingerprint density at radius 2 is 1.95 bits per heavy atom. The number of hydrogen-bond acceptors (Lipinski definition) is 6. The van der Waals surface area contributed by atoms with Gasteiger partial charge < -0.3 is 14.6 Å². The fraction of sp³-hybridized carbons (Fsp3) is 0.429. The van der Waals surface area contributed by atoms with Gasteiger partial charge >= 0.3 is 0 Å². The number of aromatic nitrogens is 1. The van der Waals surface area contributed by atoms with Crippen LogP contribution in [0.1, 0.15) is 40.7 Å². The number of aromatic amines is 1. The third-order valence-electron chi connectivity index (χ3n) is 7.64. The smallest absolute Gasteiger partial charge is 0.248 e. The zero-order valence-corrected chi connectivity index (χ0v) is 22.3. The van der Waals surface area contributed by atoms with Crippen LogP contribution in [-0.4, -0.2) is 63.4 Å². The number of piperidine rings is 1. The number of benzene rings is 2. The summed E-state index contributed by atoms with van der Waals surface area (Å²) in [6, 6.07) is 12.3. The SMILES string of the molecule is Cc1cc(=O)[nH]c2ccc(CC(=O)c3cc(S(=O)(=O)N(C)C)ccc3N3CCCC4COCCC43)cc12. The lowest BCUT2D eigenvalue weighted by molar-refractivity contribution is 0.0284. The van der Waals surface area contributed by atoms with Crippen molar-refractivity contribution >= 4 is 32.4 Å². The fourth-order valence-electron chi connectivity index (χ4n) is 5.68. The first-order chi connectivity index (χ1) is 17.6. The zero-order valence-electron chi connectivity index (χ0n) is 21.5. The number of carbonyl (C=O) groups is 1. The summed E-state index contributed by atoms with van der Waals surface area (Å²) in [5, 5.41) is 0.884. The number of sulfonamides is 1. The van der Waals surface area contributed by atoms with Crippen LogP contribution in [0, 0.1) is 12.8 Å². The molecule has 196 valence electrons. The van der Waals surface area contributed by atoms with Gasteiger partial charge in [-0.25, -0.2) is 12.7 Å². The first-order valence-corrected chi connectivity index (χ1v) is 14.2. The van der Waals surface area contributed by atoms with Gasteiger partial charge in [-0.1, -0.05) is 6.07 Å². The Labute approximate surface area is 217 Å². The van der Waals surface area contributed by atoms with Crippen LogP contribution in [0.5, 0.6) is 0 Å². The van der Waals surface area contributed by atoms with E-state index in [-0.39, 0.29) is 28.7 Å². The zero-order chi connectivity index (χ0) is 26.3. The standard InChI is InChI=1S/C28H33N3O5S/c1-18-13-28(33)29-24-8-6-19(14-22(18)24)15-27(32)23-16-21(37(34,35)30(2)3)7-9-26(23)31-11-4-5-20-17-36-12-10-25(20)31/h6-9,13-14,16,20,25H,4-5,10-12,15,17H2,1-3H3,(H,29,33).